The predicted octanol–water partition coefficient (Wildman–Crippen LogP) is 8.48. The van der Waals surface area contributed by atoms with Gasteiger partial charge >= 0.3 is 0 Å². The van der Waals surface area contributed by atoms with Crippen molar-refractivity contribution in [3.05, 3.63) is 28.0 Å². The van der Waals surface area contributed by atoms with E-state index in [-0.39, 0.29) is 0 Å². The molecule has 5 heteroatoms. The van der Waals surface area contributed by atoms with E-state index in [4.69, 9.17) is 0 Å². The lowest BCUT2D eigenvalue weighted by atomic mass is 9.99. The van der Waals surface area contributed by atoms with Crippen molar-refractivity contribution < 1.29 is 4.79 Å². The lowest BCUT2D eigenvalue weighted by Gasteiger charge is -2.05. The van der Waals surface area contributed by atoms with Crippen molar-refractivity contribution in [3.63, 3.8) is 0 Å². The Labute approximate surface area is 192 Å². The van der Waals surface area contributed by atoms with Crippen LogP contribution in [0.2, 0.25) is 0 Å². The summed E-state index contributed by atoms with van der Waals surface area (Å²) in [6, 6.07) is 0. The van der Waals surface area contributed by atoms with Gasteiger partial charge in [-0.2, -0.15) is 0 Å². The SMILES string of the molecule is CCCCCCc1c(I)sc2c1C(=O)c1c-2sc(I)c1CCCCCC. The highest BCUT2D eigenvalue weighted by molar-refractivity contribution is 14.1. The lowest BCUT2D eigenvalue weighted by molar-refractivity contribution is 0.104. The molecule has 0 radical (unpaired) electrons. The third-order valence-electron chi connectivity index (χ3n) is 5.14. The molecule has 0 aliphatic heterocycles. The fraction of sp³-hybridized carbons (Fsp3) is 0.571. The number of ketones is 1. The predicted molar refractivity (Wildman–Crippen MR) is 132 cm³/mol. The average molecular weight is 612 g/mol. The Morgan fingerprint density at radius 3 is 1.50 bits per heavy atom. The Bertz CT molecular complexity index is 724. The van der Waals surface area contributed by atoms with E-state index >= 15 is 0 Å². The number of unbranched alkanes of at least 4 members (excludes halogenated alkanes) is 6. The molecular weight excluding hydrogens is 586 g/mol. The number of hydrogen-bond acceptors (Lipinski definition) is 3. The Morgan fingerprint density at radius 2 is 1.12 bits per heavy atom. The summed E-state index contributed by atoms with van der Waals surface area (Å²) in [7, 11) is 0. The molecule has 26 heavy (non-hydrogen) atoms. The summed E-state index contributed by atoms with van der Waals surface area (Å²) in [5.74, 6) is 0.323. The molecule has 1 aliphatic rings. The van der Waals surface area contributed by atoms with E-state index in [1.54, 1.807) is 0 Å². The standard InChI is InChI=1S/C21H26I2OS2/c1-3-5-7-9-11-13-15-17(24)16-14(12-10-8-6-4-2)21(23)26-19(16)18(15)25-20(13)22/h3-12H2,1-2H3. The van der Waals surface area contributed by atoms with E-state index in [0.717, 1.165) is 24.0 Å². The molecule has 0 saturated heterocycles. The number of carbonyl (C=O) groups excluding carboxylic acids is 1. The first kappa shape index (κ1) is 21.2. The van der Waals surface area contributed by atoms with E-state index in [2.05, 4.69) is 59.0 Å². The van der Waals surface area contributed by atoms with Gasteiger partial charge in [0, 0.05) is 11.1 Å². The van der Waals surface area contributed by atoms with Gasteiger partial charge in [-0.25, -0.2) is 0 Å². The smallest absolute Gasteiger partial charge is 0.196 e. The summed E-state index contributed by atoms with van der Waals surface area (Å²) in [5, 5.41) is 0. The molecule has 0 spiro atoms. The van der Waals surface area contributed by atoms with Crippen LogP contribution in [0.1, 0.15) is 92.3 Å². The monoisotopic (exact) mass is 612 g/mol. The molecule has 2 aromatic heterocycles. The van der Waals surface area contributed by atoms with Gasteiger partial charge in [-0.3, -0.25) is 4.79 Å². The number of thiophene rings is 2. The third kappa shape index (κ3) is 4.25. The summed E-state index contributed by atoms with van der Waals surface area (Å²) in [6.45, 7) is 4.49. The minimum atomic E-state index is 0.323. The fourth-order valence-corrected chi connectivity index (χ4v) is 8.39. The van der Waals surface area contributed by atoms with Crippen molar-refractivity contribution in [1.82, 2.24) is 0 Å². The first-order chi connectivity index (χ1) is 12.6. The van der Waals surface area contributed by atoms with Crippen molar-refractivity contribution >= 4 is 73.6 Å². The number of fused-ring (bicyclic) bond motifs is 3. The van der Waals surface area contributed by atoms with Crippen molar-refractivity contribution in [2.24, 2.45) is 0 Å². The van der Waals surface area contributed by atoms with Gasteiger partial charge < -0.3 is 0 Å². The van der Waals surface area contributed by atoms with Crippen molar-refractivity contribution in [2.45, 2.75) is 78.1 Å². The van der Waals surface area contributed by atoms with Gasteiger partial charge in [0.2, 0.25) is 0 Å². The highest BCUT2D eigenvalue weighted by Crippen LogP contribution is 2.51. The van der Waals surface area contributed by atoms with Crippen LogP contribution in [0.5, 0.6) is 0 Å². The zero-order valence-corrected chi connectivity index (χ0v) is 21.5. The van der Waals surface area contributed by atoms with Crippen LogP contribution >= 0.6 is 67.9 Å². The van der Waals surface area contributed by atoms with Gasteiger partial charge in [-0.15, -0.1) is 22.7 Å². The maximum absolute atomic E-state index is 13.3. The summed E-state index contributed by atoms with van der Waals surface area (Å²) in [4.78, 5) is 15.9. The molecule has 0 aromatic carbocycles. The van der Waals surface area contributed by atoms with E-state index < -0.39 is 0 Å². The lowest BCUT2D eigenvalue weighted by Crippen LogP contribution is -2.03. The summed E-state index contributed by atoms with van der Waals surface area (Å²) in [6.07, 6.45) is 12.2. The number of carbonyl (C=O) groups is 1. The van der Waals surface area contributed by atoms with Gasteiger partial charge in [0.25, 0.3) is 0 Å². The average Bonchev–Trinajstić information content (AvgIpc) is 3.20. The van der Waals surface area contributed by atoms with Gasteiger partial charge in [-0.1, -0.05) is 52.4 Å². The second-order valence-electron chi connectivity index (χ2n) is 7.07. The number of rotatable bonds is 10. The maximum atomic E-state index is 13.3. The molecule has 1 aliphatic carbocycles. The second kappa shape index (κ2) is 9.83. The molecule has 0 bridgehead atoms. The molecule has 2 aromatic rings. The zero-order valence-electron chi connectivity index (χ0n) is 15.6. The first-order valence-electron chi connectivity index (χ1n) is 9.77. The molecule has 0 saturated carbocycles. The quantitative estimate of drug-likeness (QED) is 0.166. The van der Waals surface area contributed by atoms with Crippen molar-refractivity contribution in [2.75, 3.05) is 0 Å². The minimum Gasteiger partial charge on any atom is -0.288 e. The Balaban J connectivity index is 1.83. The summed E-state index contributed by atoms with van der Waals surface area (Å²) >= 11 is 8.58. The van der Waals surface area contributed by atoms with E-state index in [1.807, 2.05) is 22.7 Å². The zero-order chi connectivity index (χ0) is 18.7. The third-order valence-corrected chi connectivity index (χ3v) is 9.97. The van der Waals surface area contributed by atoms with Crippen LogP contribution < -0.4 is 0 Å². The first-order valence-corrected chi connectivity index (χ1v) is 13.6. The van der Waals surface area contributed by atoms with Crippen LogP contribution in [0.15, 0.2) is 0 Å². The van der Waals surface area contributed by atoms with Gasteiger partial charge in [0.15, 0.2) is 5.78 Å². The highest BCUT2D eigenvalue weighted by Gasteiger charge is 2.37. The Hall–Kier alpha value is 0.530. The molecule has 0 N–H and O–H groups in total. The normalized spacial score (nSPS) is 12.7. The largest absolute Gasteiger partial charge is 0.288 e. The van der Waals surface area contributed by atoms with Crippen LogP contribution in [-0.4, -0.2) is 5.78 Å². The molecule has 0 amide bonds. The molecule has 3 rings (SSSR count). The van der Waals surface area contributed by atoms with Crippen LogP contribution in [0.3, 0.4) is 0 Å². The van der Waals surface area contributed by atoms with Crippen molar-refractivity contribution in [3.8, 4) is 9.75 Å². The topological polar surface area (TPSA) is 17.1 Å². The fourth-order valence-electron chi connectivity index (χ4n) is 3.70. The highest BCUT2D eigenvalue weighted by atomic mass is 127. The molecule has 0 unspecified atom stereocenters. The van der Waals surface area contributed by atoms with E-state index in [0.29, 0.717) is 5.78 Å². The van der Waals surface area contributed by atoms with E-state index in [1.165, 1.54) is 78.0 Å². The molecule has 0 fully saturated rings. The van der Waals surface area contributed by atoms with Gasteiger partial charge in [0.05, 0.1) is 15.5 Å². The van der Waals surface area contributed by atoms with Crippen LogP contribution in [0.25, 0.3) is 9.75 Å². The number of halogens is 2. The molecular formula is C21H26I2OS2. The van der Waals surface area contributed by atoms with Crippen LogP contribution in [0.4, 0.5) is 0 Å². The maximum Gasteiger partial charge on any atom is 0.196 e. The molecule has 2 heterocycles. The van der Waals surface area contributed by atoms with Gasteiger partial charge in [-0.05, 0) is 82.0 Å². The minimum absolute atomic E-state index is 0.323. The Morgan fingerprint density at radius 1 is 0.692 bits per heavy atom. The Kier molecular flexibility index (Phi) is 8.03. The number of hydrogen-bond donors (Lipinski definition) is 0. The van der Waals surface area contributed by atoms with Crippen LogP contribution in [0, 0.1) is 5.77 Å². The molecule has 1 nitrogen and oxygen atoms in total. The summed E-state index contributed by atoms with van der Waals surface area (Å²) in [5.41, 5.74) is 4.79. The summed E-state index contributed by atoms with van der Waals surface area (Å²) < 4.78 is 2.66. The second-order valence-corrected chi connectivity index (χ2v) is 12.7. The van der Waals surface area contributed by atoms with Gasteiger partial charge in [0.1, 0.15) is 0 Å². The molecule has 142 valence electrons. The van der Waals surface area contributed by atoms with Crippen LogP contribution in [-0.2, 0) is 12.8 Å². The van der Waals surface area contributed by atoms with E-state index in [9.17, 15) is 4.79 Å². The van der Waals surface area contributed by atoms with Crippen molar-refractivity contribution in [1.29, 1.82) is 0 Å². The molecule has 0 atom stereocenters.